The molecule has 0 fully saturated rings. The van der Waals surface area contributed by atoms with Gasteiger partial charge in [-0.15, -0.1) is 0 Å². The van der Waals surface area contributed by atoms with Gasteiger partial charge in [0, 0.05) is 0 Å². The van der Waals surface area contributed by atoms with E-state index in [4.69, 9.17) is 14.4 Å². The maximum atomic E-state index is 11.4. The van der Waals surface area contributed by atoms with E-state index in [2.05, 4.69) is 13.6 Å². The predicted molar refractivity (Wildman–Crippen MR) is 83.8 cm³/mol. The molecule has 0 rings (SSSR count). The van der Waals surface area contributed by atoms with Crippen LogP contribution in [0, 0.1) is 0 Å². The molecule has 0 aromatic rings. The quantitative estimate of drug-likeness (QED) is 0.0842. The molecule has 0 aliphatic rings. The zero-order valence-corrected chi connectivity index (χ0v) is 22.9. The van der Waals surface area contributed by atoms with Crippen molar-refractivity contribution in [3.05, 3.63) is 0 Å². The maximum absolute atomic E-state index is 11.4. The summed E-state index contributed by atoms with van der Waals surface area (Å²) in [7, 11) is -11.1. The predicted octanol–water partition coefficient (Wildman–Crippen LogP) is -7.93. The summed E-state index contributed by atoms with van der Waals surface area (Å²) in [6.45, 7) is 2.52. The van der Waals surface area contributed by atoms with Crippen LogP contribution in [0.1, 0.15) is 20.8 Å². The summed E-state index contributed by atoms with van der Waals surface area (Å²) in [6.07, 6.45) is -0.884. The van der Waals surface area contributed by atoms with Gasteiger partial charge in [-0.05, 0) is 20.8 Å². The molecule has 3 N–H and O–H groups in total. The molecule has 0 aliphatic carbocycles. The Morgan fingerprint density at radius 3 is 2.07 bits per heavy atom. The smallest absolute Gasteiger partial charge is 0.789 e. The van der Waals surface area contributed by atoms with Crippen molar-refractivity contribution in [2.75, 3.05) is 26.4 Å². The first-order valence-electron chi connectivity index (χ1n) is 7.31. The van der Waals surface area contributed by atoms with Crippen LogP contribution in [0.15, 0.2) is 0 Å². The summed E-state index contributed by atoms with van der Waals surface area (Å²) < 4.78 is 42.5. The van der Waals surface area contributed by atoms with E-state index >= 15 is 0 Å². The van der Waals surface area contributed by atoms with Gasteiger partial charge >= 0.3 is 79.0 Å². The molecule has 0 radical (unpaired) electrons. The first kappa shape index (κ1) is 35.0. The second kappa shape index (κ2) is 16.1. The number of hydrazine groups is 1. The number of carbonyl (C=O) groups excluding carboxylic acids is 3. The van der Waals surface area contributed by atoms with E-state index in [-0.39, 0.29) is 65.7 Å². The molecule has 0 spiro atoms. The molecule has 0 heterocycles. The summed E-state index contributed by atoms with van der Waals surface area (Å²) in [5.41, 5.74) is 3.22. The number of phosphoric acid groups is 2. The normalized spacial score (nSPS) is 13.0. The van der Waals surface area contributed by atoms with Crippen LogP contribution in [0.5, 0.6) is 0 Å². The van der Waals surface area contributed by atoms with E-state index in [1.54, 1.807) is 20.8 Å². The van der Waals surface area contributed by atoms with E-state index in [9.17, 15) is 33.3 Å². The number of hydrogen-bond acceptors (Lipinski definition) is 12. The minimum atomic E-state index is -5.79. The summed E-state index contributed by atoms with van der Waals surface area (Å²) >= 11 is 0. The van der Waals surface area contributed by atoms with Crippen molar-refractivity contribution in [2.24, 2.45) is 0 Å². The molecule has 0 saturated carbocycles. The molecule has 15 nitrogen and oxygen atoms in total. The van der Waals surface area contributed by atoms with E-state index in [0.717, 1.165) is 0 Å². The number of ether oxygens (including phenoxy) is 3. The number of hydrogen-bond donors (Lipinski definition) is 3. The second-order valence-electron chi connectivity index (χ2n) is 5.72. The van der Waals surface area contributed by atoms with Gasteiger partial charge in [0.1, 0.15) is 18.8 Å². The van der Waals surface area contributed by atoms with Crippen molar-refractivity contribution in [2.45, 2.75) is 26.4 Å². The van der Waals surface area contributed by atoms with Crippen LogP contribution in [0.4, 0.5) is 4.79 Å². The molecule has 1 atom stereocenters. The zero-order valence-electron chi connectivity index (χ0n) is 17.1. The van der Waals surface area contributed by atoms with Crippen molar-refractivity contribution in [1.82, 2.24) is 10.9 Å². The van der Waals surface area contributed by atoms with Crippen LogP contribution in [-0.4, -0.2) is 54.9 Å². The van der Waals surface area contributed by atoms with Gasteiger partial charge in [0.05, 0.1) is 14.4 Å². The van der Waals surface area contributed by atoms with E-state index in [0.29, 0.717) is 0 Å². The Hall–Kier alpha value is 0.430. The molecular formula is C11H20N2Na2O13P2. The molecule has 0 bridgehead atoms. The van der Waals surface area contributed by atoms with Crippen molar-refractivity contribution in [3.63, 3.8) is 0 Å². The van der Waals surface area contributed by atoms with Crippen molar-refractivity contribution < 1.29 is 120 Å². The van der Waals surface area contributed by atoms with Gasteiger partial charge in [0.25, 0.3) is 5.91 Å². The monoisotopic (exact) mass is 496 g/mol. The maximum Gasteiger partial charge on any atom is 1.00 e. The Labute approximate surface area is 216 Å². The second-order valence-corrected chi connectivity index (χ2v) is 8.46. The molecule has 30 heavy (non-hydrogen) atoms. The largest absolute Gasteiger partial charge is 1.00 e. The summed E-state index contributed by atoms with van der Waals surface area (Å²) in [6, 6.07) is 0. The van der Waals surface area contributed by atoms with E-state index in [1.807, 2.05) is 10.9 Å². The Kier molecular flexibility index (Phi) is 18.8. The molecule has 2 amide bonds. The fourth-order valence-corrected chi connectivity index (χ4v) is 2.63. The summed E-state index contributed by atoms with van der Waals surface area (Å²) in [5, 5.41) is 0. The van der Waals surface area contributed by atoms with Crippen LogP contribution in [-0.2, 0) is 41.8 Å². The van der Waals surface area contributed by atoms with Gasteiger partial charge in [-0.3, -0.25) is 19.1 Å². The van der Waals surface area contributed by atoms with Crippen LogP contribution < -0.4 is 79.8 Å². The van der Waals surface area contributed by atoms with E-state index in [1.165, 1.54) is 0 Å². The minimum absolute atomic E-state index is 0. The van der Waals surface area contributed by atoms with Gasteiger partial charge in [0.15, 0.2) is 6.61 Å². The average molecular weight is 496 g/mol. The Morgan fingerprint density at radius 1 is 1.00 bits per heavy atom. The number of esters is 1. The average Bonchev–Trinajstić information content (AvgIpc) is 2.46. The van der Waals surface area contributed by atoms with Gasteiger partial charge in [-0.25, -0.2) is 19.6 Å². The van der Waals surface area contributed by atoms with Crippen LogP contribution in [0.2, 0.25) is 0 Å². The topological polar surface area (TPSA) is 222 Å². The number of nitrogens with one attached hydrogen (secondary N) is 2. The number of phosphoric ester groups is 1. The molecule has 1 unspecified atom stereocenters. The van der Waals surface area contributed by atoms with Gasteiger partial charge < -0.3 is 33.5 Å². The Balaban J connectivity index is -0.00000364. The Morgan fingerprint density at radius 2 is 1.57 bits per heavy atom. The van der Waals surface area contributed by atoms with E-state index < -0.39 is 59.0 Å². The molecule has 0 saturated heterocycles. The van der Waals surface area contributed by atoms with Crippen molar-refractivity contribution in [3.8, 4) is 0 Å². The van der Waals surface area contributed by atoms with Gasteiger partial charge in [-0.1, -0.05) is 0 Å². The number of rotatable bonds is 10. The molecule has 0 aromatic heterocycles. The third-order valence-corrected chi connectivity index (χ3v) is 4.06. The molecule has 0 aliphatic heterocycles. The van der Waals surface area contributed by atoms with Gasteiger partial charge in [-0.2, -0.15) is 0 Å². The van der Waals surface area contributed by atoms with Crippen molar-refractivity contribution >= 4 is 33.6 Å². The van der Waals surface area contributed by atoms with Gasteiger partial charge in [0.2, 0.25) is 0 Å². The fraction of sp³-hybridized carbons (Fsp3) is 0.727. The summed E-state index contributed by atoms with van der Waals surface area (Å²) in [4.78, 5) is 63.0. The molecule has 19 heteroatoms. The first-order valence-corrected chi connectivity index (χ1v) is 10.3. The fourth-order valence-electron chi connectivity index (χ4n) is 1.17. The Bertz CT molecular complexity index is 651. The van der Waals surface area contributed by atoms with Crippen molar-refractivity contribution in [1.29, 1.82) is 0 Å². The molecular weight excluding hydrogens is 476 g/mol. The molecule has 0 aromatic carbocycles. The minimum Gasteiger partial charge on any atom is -0.789 e. The third kappa shape index (κ3) is 23.1. The van der Waals surface area contributed by atoms with Crippen LogP contribution >= 0.6 is 15.6 Å². The number of carbonyl (C=O) groups is 3. The third-order valence-electron chi connectivity index (χ3n) is 1.98. The first-order chi connectivity index (χ1) is 12.6. The zero-order chi connectivity index (χ0) is 22.0. The van der Waals surface area contributed by atoms with Crippen LogP contribution in [0.3, 0.4) is 0 Å². The number of amides is 2. The summed E-state index contributed by atoms with van der Waals surface area (Å²) in [5.74, 6) is -1.94. The SMILES string of the molecule is CC(C)(C)OC(=O)NNC(=O)COCCOC(=O)COP(=O)(O)OP(=O)([O-])[O-].[Na+].[Na+]. The van der Waals surface area contributed by atoms with Crippen LogP contribution in [0.25, 0.3) is 0 Å². The molecule has 164 valence electrons. The standard InChI is InChI=1S/C11H22N2O13P2.2Na/c1-11(2,3)25-10(16)13-12-8(14)6-22-4-5-23-9(15)7-24-28(20,21)26-27(17,18)19;;/h4-7H2,1-3H3,(H,12,14)(H,13,16)(H,20,21)(H2,17,18,19);;/q;2*+1/p-2.